The van der Waals surface area contributed by atoms with Crippen LogP contribution in [0.5, 0.6) is 0 Å². The van der Waals surface area contributed by atoms with Crippen LogP contribution in [0.25, 0.3) is 0 Å². The Morgan fingerprint density at radius 1 is 0.377 bits per heavy atom. The van der Waals surface area contributed by atoms with Gasteiger partial charge in [-0.25, -0.2) is 0 Å². The van der Waals surface area contributed by atoms with E-state index in [-0.39, 0.29) is 0 Å². The molecule has 0 aromatic rings. The Kier molecular flexibility index (Phi) is 17.4. The van der Waals surface area contributed by atoms with Gasteiger partial charge in [-0.15, -0.1) is 0 Å². The average Bonchev–Trinajstić information content (AvgIpc) is 2.94. The Labute approximate surface area is 298 Å². The van der Waals surface area contributed by atoms with Crippen molar-refractivity contribution in [2.75, 3.05) is 21.3 Å². The first kappa shape index (κ1) is 52.5. The minimum absolute atomic E-state index is 0.772. The smallest absolute Gasteiger partial charge is 0.436 e. The molecule has 7 nitrogen and oxygen atoms in total. The molecule has 0 bridgehead atoms. The van der Waals surface area contributed by atoms with E-state index in [9.17, 15) is 79.0 Å². The van der Waals surface area contributed by atoms with Crippen molar-refractivity contribution in [3.63, 3.8) is 0 Å². The van der Waals surface area contributed by atoms with E-state index >= 15 is 0 Å². The molecule has 0 aliphatic rings. The molecule has 30 heteroatoms. The summed E-state index contributed by atoms with van der Waals surface area (Å²) in [5, 5.41) is 0. The molecule has 320 valence electrons. The molecule has 0 heterocycles. The number of rotatable bonds is 22. The van der Waals surface area contributed by atoms with Crippen molar-refractivity contribution < 1.29 is 109 Å². The molecular weight excluding hydrogens is 871 g/mol. The summed E-state index contributed by atoms with van der Waals surface area (Å²) in [5.41, 5.74) is 0. The van der Waals surface area contributed by atoms with Gasteiger partial charge in [-0.3, -0.25) is 0 Å². The standard InChI is InChI=1S/C23H40F18O7Si5/c1-42-53(43-2,44-3)48-52(8,16-12-20(32,33)34)47-51(7,15-11-19(29,30)31)46-50(6,14-10-18(26,27)28)45-49(4,5)13-9-17(24,25)21(35,36)22(37,38)23(39,40)41/h9-16H2,1-8H3. The highest BCUT2D eigenvalue weighted by Gasteiger charge is 2.81. The molecule has 0 amide bonds. The summed E-state index contributed by atoms with van der Waals surface area (Å²) in [4.78, 5) is 0. The molecule has 0 saturated carbocycles. The Morgan fingerprint density at radius 2 is 0.679 bits per heavy atom. The summed E-state index contributed by atoms with van der Waals surface area (Å²) in [6.07, 6.45) is -29.9. The van der Waals surface area contributed by atoms with Crippen LogP contribution in [0, 0.1) is 0 Å². The van der Waals surface area contributed by atoms with Crippen LogP contribution in [-0.2, 0) is 29.7 Å². The maximum atomic E-state index is 14.4. The second-order valence-corrected chi connectivity index (χ2v) is 30.7. The summed E-state index contributed by atoms with van der Waals surface area (Å²) in [5.74, 6) is -20.4. The lowest BCUT2D eigenvalue weighted by Crippen LogP contribution is -2.64. The fraction of sp³-hybridized carbons (Fsp3) is 1.00. The minimum atomic E-state index is -7.24. The Bertz CT molecular complexity index is 1150. The first-order valence-corrected chi connectivity index (χ1v) is 27.3. The van der Waals surface area contributed by atoms with Gasteiger partial charge in [-0.2, -0.15) is 79.0 Å². The van der Waals surface area contributed by atoms with Crippen LogP contribution in [0.3, 0.4) is 0 Å². The lowest BCUT2D eigenvalue weighted by molar-refractivity contribution is -0.396. The van der Waals surface area contributed by atoms with Crippen molar-refractivity contribution in [2.45, 2.75) is 125 Å². The maximum Gasteiger partial charge on any atom is 0.669 e. The third-order valence-electron chi connectivity index (χ3n) is 7.29. The predicted octanol–water partition coefficient (Wildman–Crippen LogP) is 10.6. The largest absolute Gasteiger partial charge is 0.669 e. The molecule has 3 atom stereocenters. The fourth-order valence-electron chi connectivity index (χ4n) is 4.69. The van der Waals surface area contributed by atoms with E-state index < -0.39 is 135 Å². The summed E-state index contributed by atoms with van der Waals surface area (Å²) in [6.45, 7) is 4.19. The number of halogens is 18. The molecule has 53 heavy (non-hydrogen) atoms. The third kappa shape index (κ3) is 16.5. The first-order valence-electron chi connectivity index (χ1n) is 15.0. The molecule has 0 aliphatic heterocycles. The highest BCUT2D eigenvalue weighted by Crippen LogP contribution is 2.55. The van der Waals surface area contributed by atoms with E-state index in [1.165, 1.54) is 0 Å². The predicted molar refractivity (Wildman–Crippen MR) is 160 cm³/mol. The normalized spacial score (nSPS) is 18.5. The lowest BCUT2D eigenvalue weighted by Gasteiger charge is -2.45. The van der Waals surface area contributed by atoms with Gasteiger partial charge in [0, 0.05) is 47.0 Å². The quantitative estimate of drug-likeness (QED) is 0.0792. The van der Waals surface area contributed by atoms with Crippen LogP contribution in [0.15, 0.2) is 0 Å². The zero-order valence-corrected chi connectivity index (χ0v) is 34.3. The van der Waals surface area contributed by atoms with Gasteiger partial charge in [0.1, 0.15) is 0 Å². The second-order valence-electron chi connectivity index (χ2n) is 12.9. The van der Waals surface area contributed by atoms with Crippen molar-refractivity contribution in [3.8, 4) is 0 Å². The monoisotopic (exact) mass is 910 g/mol. The van der Waals surface area contributed by atoms with Crippen LogP contribution in [0.2, 0.25) is 56.9 Å². The van der Waals surface area contributed by atoms with Crippen molar-refractivity contribution >= 4 is 43.0 Å². The van der Waals surface area contributed by atoms with E-state index in [4.69, 9.17) is 29.7 Å². The van der Waals surface area contributed by atoms with Gasteiger partial charge in [0.15, 0.2) is 8.32 Å². The van der Waals surface area contributed by atoms with Gasteiger partial charge in [0.2, 0.25) is 0 Å². The van der Waals surface area contributed by atoms with E-state index in [0.29, 0.717) is 0 Å². The number of hydrogen-bond donors (Lipinski definition) is 0. The topological polar surface area (TPSA) is 64.6 Å². The van der Waals surface area contributed by atoms with Crippen molar-refractivity contribution in [3.05, 3.63) is 0 Å². The molecule has 0 rings (SSSR count). The van der Waals surface area contributed by atoms with E-state index in [2.05, 4.69) is 0 Å². The average molecular weight is 911 g/mol. The van der Waals surface area contributed by atoms with Crippen LogP contribution >= 0.6 is 0 Å². The SMILES string of the molecule is CO[Si](OC)(OC)O[Si](C)(CCC(F)(F)F)O[Si](C)(CCC(F)(F)F)O[Si](C)(CCC(F)(F)F)O[Si](C)(C)CCC(F)(F)C(F)(F)C(F)(F)C(F)(F)F. The minimum Gasteiger partial charge on any atom is -0.436 e. The molecular formula is C23H40F18O7Si5. The summed E-state index contributed by atoms with van der Waals surface area (Å²) in [6, 6.07) is -5.05. The first-order chi connectivity index (χ1) is 23.1. The van der Waals surface area contributed by atoms with Crippen LogP contribution in [0.1, 0.15) is 25.7 Å². The molecule has 0 aromatic heterocycles. The van der Waals surface area contributed by atoms with Gasteiger partial charge < -0.3 is 29.7 Å². The van der Waals surface area contributed by atoms with Crippen molar-refractivity contribution in [1.82, 2.24) is 0 Å². The molecule has 0 spiro atoms. The van der Waals surface area contributed by atoms with Gasteiger partial charge in [-0.05, 0) is 56.9 Å². The molecule has 3 unspecified atom stereocenters. The van der Waals surface area contributed by atoms with Crippen LogP contribution in [0.4, 0.5) is 79.0 Å². The molecule has 0 aromatic carbocycles. The second kappa shape index (κ2) is 17.6. The highest BCUT2D eigenvalue weighted by molar-refractivity contribution is 6.90. The van der Waals surface area contributed by atoms with E-state index in [1.54, 1.807) is 0 Å². The molecule has 0 aliphatic carbocycles. The van der Waals surface area contributed by atoms with Gasteiger partial charge in [0.05, 0.1) is 0 Å². The third-order valence-corrected chi connectivity index (χ3v) is 27.3. The van der Waals surface area contributed by atoms with Crippen molar-refractivity contribution in [2.24, 2.45) is 0 Å². The zero-order valence-electron chi connectivity index (χ0n) is 29.3. The Balaban J connectivity index is 7.09. The molecule has 0 N–H and O–H groups in total. The number of alkyl halides is 18. The highest BCUT2D eigenvalue weighted by atomic mass is 28.5. The number of hydrogen-bond acceptors (Lipinski definition) is 7. The van der Waals surface area contributed by atoms with Crippen molar-refractivity contribution in [1.29, 1.82) is 0 Å². The molecule has 0 saturated heterocycles. The van der Waals surface area contributed by atoms with Gasteiger partial charge in [0.25, 0.3) is 0 Å². The Morgan fingerprint density at radius 3 is 0.962 bits per heavy atom. The van der Waals surface area contributed by atoms with Gasteiger partial charge >= 0.3 is 77.2 Å². The molecule has 0 fully saturated rings. The maximum absolute atomic E-state index is 14.4. The van der Waals surface area contributed by atoms with Crippen LogP contribution in [-0.4, -0.2) is 107 Å². The van der Waals surface area contributed by atoms with Gasteiger partial charge in [-0.1, -0.05) is 0 Å². The summed E-state index contributed by atoms with van der Waals surface area (Å²) in [7, 11) is -20.3. The molecule has 0 radical (unpaired) electrons. The lowest BCUT2D eigenvalue weighted by atomic mass is 10.0. The van der Waals surface area contributed by atoms with Crippen LogP contribution < -0.4 is 0 Å². The summed E-state index contributed by atoms with van der Waals surface area (Å²) >= 11 is 0. The summed E-state index contributed by atoms with van der Waals surface area (Å²) < 4.78 is 280. The van der Waals surface area contributed by atoms with E-state index in [0.717, 1.165) is 54.1 Å². The Hall–Kier alpha value is -0.456. The fourth-order valence-corrected chi connectivity index (χ4v) is 27.9. The zero-order chi connectivity index (χ0) is 42.6. The van der Waals surface area contributed by atoms with E-state index in [1.807, 2.05) is 0 Å².